The van der Waals surface area contributed by atoms with Gasteiger partial charge in [0.1, 0.15) is 11.2 Å². The first-order valence-corrected chi connectivity index (χ1v) is 15.2. The van der Waals surface area contributed by atoms with Gasteiger partial charge in [0.2, 0.25) is 33.7 Å². The molecule has 0 aliphatic heterocycles. The summed E-state index contributed by atoms with van der Waals surface area (Å²) in [6, 6.07) is 16.8. The number of halogens is 2. The van der Waals surface area contributed by atoms with Crippen molar-refractivity contribution in [3.8, 4) is 11.6 Å². The van der Waals surface area contributed by atoms with Crippen molar-refractivity contribution in [2.45, 2.75) is 30.9 Å². The van der Waals surface area contributed by atoms with Crippen molar-refractivity contribution in [2.24, 2.45) is 11.1 Å². The first kappa shape index (κ1) is 29.0. The van der Waals surface area contributed by atoms with E-state index >= 15 is 4.39 Å². The van der Waals surface area contributed by atoms with Gasteiger partial charge in [-0.15, -0.1) is 0 Å². The lowest BCUT2D eigenvalue weighted by molar-refractivity contribution is -0.133. The SMILES string of the molecule is NC(=O)C1(C(=O)N(c2ccc(F)cc2)c2ccc(Oc3ccnc(Nc4cccc(NS(=O)(=O)C5CC5)c4)n3)c(F)c2)CC1. The van der Waals surface area contributed by atoms with Gasteiger partial charge >= 0.3 is 0 Å². The number of nitrogens with one attached hydrogen (secondary N) is 2. The van der Waals surface area contributed by atoms with Crippen LogP contribution in [0.15, 0.2) is 79.0 Å². The van der Waals surface area contributed by atoms with Gasteiger partial charge in [0, 0.05) is 29.7 Å². The number of ether oxygens (including phenoxy) is 1. The lowest BCUT2D eigenvalue weighted by Crippen LogP contribution is -2.41. The third kappa shape index (κ3) is 6.01. The topological polar surface area (TPSA) is 157 Å². The van der Waals surface area contributed by atoms with Crippen LogP contribution in [0.4, 0.5) is 37.5 Å². The van der Waals surface area contributed by atoms with E-state index in [1.807, 2.05) is 0 Å². The predicted molar refractivity (Wildman–Crippen MR) is 158 cm³/mol. The zero-order chi connectivity index (χ0) is 31.1. The van der Waals surface area contributed by atoms with Crippen molar-refractivity contribution in [3.63, 3.8) is 0 Å². The second-order valence-corrected chi connectivity index (χ2v) is 12.5. The van der Waals surface area contributed by atoms with Crippen LogP contribution in [0, 0.1) is 17.0 Å². The van der Waals surface area contributed by atoms with Gasteiger partial charge in [-0.05, 0) is 80.3 Å². The Labute approximate surface area is 251 Å². The van der Waals surface area contributed by atoms with Crippen LogP contribution in [0.3, 0.4) is 0 Å². The van der Waals surface area contributed by atoms with Crippen LogP contribution in [-0.4, -0.2) is 35.5 Å². The Morgan fingerprint density at radius 3 is 2.32 bits per heavy atom. The quantitative estimate of drug-likeness (QED) is 0.195. The van der Waals surface area contributed by atoms with Crippen molar-refractivity contribution < 1.29 is 31.5 Å². The molecule has 44 heavy (non-hydrogen) atoms. The Hall–Kier alpha value is -5.11. The molecular weight excluding hydrogens is 594 g/mol. The van der Waals surface area contributed by atoms with Gasteiger partial charge in [0.25, 0.3) is 0 Å². The summed E-state index contributed by atoms with van der Waals surface area (Å²) < 4.78 is 61.8. The number of aromatic nitrogens is 2. The van der Waals surface area contributed by atoms with E-state index in [9.17, 15) is 22.4 Å². The van der Waals surface area contributed by atoms with Crippen LogP contribution < -0.4 is 25.4 Å². The highest BCUT2D eigenvalue weighted by atomic mass is 32.2. The Morgan fingerprint density at radius 2 is 1.66 bits per heavy atom. The Bertz CT molecular complexity index is 1860. The van der Waals surface area contributed by atoms with Crippen molar-refractivity contribution in [3.05, 3.63) is 90.6 Å². The lowest BCUT2D eigenvalue weighted by Gasteiger charge is -2.26. The third-order valence-electron chi connectivity index (χ3n) is 7.28. The third-order valence-corrected chi connectivity index (χ3v) is 9.15. The number of primary amides is 1. The van der Waals surface area contributed by atoms with Crippen LogP contribution in [0.2, 0.25) is 0 Å². The zero-order valence-corrected chi connectivity index (χ0v) is 23.9. The summed E-state index contributed by atoms with van der Waals surface area (Å²) in [5.74, 6) is -2.90. The minimum atomic E-state index is -3.44. The summed E-state index contributed by atoms with van der Waals surface area (Å²) in [7, 11) is -3.44. The summed E-state index contributed by atoms with van der Waals surface area (Å²) in [4.78, 5) is 35.1. The molecule has 0 saturated heterocycles. The highest BCUT2D eigenvalue weighted by Crippen LogP contribution is 2.49. The van der Waals surface area contributed by atoms with Gasteiger partial charge in [-0.3, -0.25) is 19.2 Å². The fourth-order valence-electron chi connectivity index (χ4n) is 4.58. The smallest absolute Gasteiger partial charge is 0.247 e. The molecule has 4 N–H and O–H groups in total. The van der Waals surface area contributed by atoms with Gasteiger partial charge in [0.05, 0.1) is 16.6 Å². The number of nitrogens with zero attached hydrogens (tertiary/aromatic N) is 3. The summed E-state index contributed by atoms with van der Waals surface area (Å²) in [6.07, 6.45) is 3.18. The molecule has 14 heteroatoms. The molecule has 0 atom stereocenters. The molecule has 0 bridgehead atoms. The largest absolute Gasteiger partial charge is 0.436 e. The first-order valence-electron chi connectivity index (χ1n) is 13.6. The number of hydrogen-bond acceptors (Lipinski definition) is 8. The number of hydrogen-bond donors (Lipinski definition) is 3. The molecule has 0 radical (unpaired) electrons. The summed E-state index contributed by atoms with van der Waals surface area (Å²) in [5, 5.41) is 2.59. The van der Waals surface area contributed by atoms with Crippen molar-refractivity contribution >= 4 is 50.5 Å². The van der Waals surface area contributed by atoms with Crippen LogP contribution in [0.25, 0.3) is 0 Å². The van der Waals surface area contributed by atoms with Crippen molar-refractivity contribution in [2.75, 3.05) is 14.9 Å². The van der Waals surface area contributed by atoms with Gasteiger partial charge < -0.3 is 15.8 Å². The molecule has 2 fully saturated rings. The molecule has 4 aromatic rings. The number of benzene rings is 3. The van der Waals surface area contributed by atoms with Crippen LogP contribution in [-0.2, 0) is 19.6 Å². The van der Waals surface area contributed by atoms with Crippen LogP contribution in [0.5, 0.6) is 11.6 Å². The molecule has 3 aromatic carbocycles. The Kier molecular flexibility index (Phi) is 7.37. The number of anilines is 5. The maximum absolute atomic E-state index is 15.4. The second-order valence-electron chi connectivity index (χ2n) is 10.6. The Morgan fingerprint density at radius 1 is 0.955 bits per heavy atom. The van der Waals surface area contributed by atoms with Gasteiger partial charge in [-0.1, -0.05) is 6.07 Å². The van der Waals surface area contributed by atoms with E-state index in [0.717, 1.165) is 23.1 Å². The molecule has 0 unspecified atom stereocenters. The maximum atomic E-state index is 15.4. The lowest BCUT2D eigenvalue weighted by atomic mass is 10.0. The van der Waals surface area contributed by atoms with E-state index in [1.165, 1.54) is 36.5 Å². The number of carbonyl (C=O) groups excluding carboxylic acids is 2. The number of sulfonamides is 1. The molecule has 1 aromatic heterocycles. The van der Waals surface area contributed by atoms with E-state index in [0.29, 0.717) is 24.2 Å². The molecule has 2 aliphatic carbocycles. The molecule has 226 valence electrons. The van der Waals surface area contributed by atoms with E-state index < -0.39 is 38.9 Å². The molecule has 1 heterocycles. The fourth-order valence-corrected chi connectivity index (χ4v) is 5.96. The number of carbonyl (C=O) groups is 2. The highest BCUT2D eigenvalue weighted by molar-refractivity contribution is 7.93. The number of rotatable bonds is 11. The van der Waals surface area contributed by atoms with E-state index in [4.69, 9.17) is 10.5 Å². The zero-order valence-electron chi connectivity index (χ0n) is 23.0. The number of nitrogens with two attached hydrogens (primary N) is 1. The molecule has 11 nitrogen and oxygen atoms in total. The summed E-state index contributed by atoms with van der Waals surface area (Å²) in [6.45, 7) is 0. The summed E-state index contributed by atoms with van der Waals surface area (Å²) in [5.41, 5.74) is 5.30. The number of amides is 2. The average Bonchev–Trinajstić information content (AvgIpc) is 3.89. The normalized spacial score (nSPS) is 15.2. The van der Waals surface area contributed by atoms with Crippen molar-refractivity contribution in [1.29, 1.82) is 0 Å². The highest BCUT2D eigenvalue weighted by Gasteiger charge is 2.57. The molecule has 2 aliphatic rings. The molecule has 2 amide bonds. The fraction of sp³-hybridized carbons (Fsp3) is 0.200. The standard InChI is InChI=1S/C30H26F2N6O5S/c31-18-4-6-21(7-5-18)38(28(40)30(13-14-30)27(33)39)22-8-11-25(24(32)17-22)43-26-12-15-34-29(36-26)35-19-2-1-3-20(16-19)37-44(41,42)23-9-10-23/h1-8,11-12,15-17,23,37H,9-10,13-14H2,(H2,33,39)(H,34,35,36). The maximum Gasteiger partial charge on any atom is 0.247 e. The van der Waals surface area contributed by atoms with Crippen LogP contribution in [0.1, 0.15) is 25.7 Å². The molecule has 2 saturated carbocycles. The minimum absolute atomic E-state index is 0.00290. The van der Waals surface area contributed by atoms with Crippen molar-refractivity contribution in [1.82, 2.24) is 9.97 Å². The minimum Gasteiger partial charge on any atom is -0.436 e. The van der Waals surface area contributed by atoms with E-state index in [2.05, 4.69) is 20.0 Å². The van der Waals surface area contributed by atoms with Gasteiger partial charge in [-0.2, -0.15) is 4.98 Å². The first-order chi connectivity index (χ1) is 21.0. The second kappa shape index (κ2) is 11.2. The van der Waals surface area contributed by atoms with E-state index in [-0.39, 0.29) is 47.0 Å². The van der Waals surface area contributed by atoms with Gasteiger partial charge in [0.15, 0.2) is 11.6 Å². The van der Waals surface area contributed by atoms with Crippen LogP contribution >= 0.6 is 0 Å². The Balaban J connectivity index is 1.21. The molecule has 6 rings (SSSR count). The average molecular weight is 621 g/mol. The van der Waals surface area contributed by atoms with E-state index in [1.54, 1.807) is 24.3 Å². The van der Waals surface area contributed by atoms with Gasteiger partial charge in [-0.25, -0.2) is 22.2 Å². The monoisotopic (exact) mass is 620 g/mol. The molecule has 0 spiro atoms. The summed E-state index contributed by atoms with van der Waals surface area (Å²) >= 11 is 0. The molecular formula is C30H26F2N6O5S. The predicted octanol–water partition coefficient (Wildman–Crippen LogP) is 5.13.